The summed E-state index contributed by atoms with van der Waals surface area (Å²) in [6, 6.07) is 6.44. The molecule has 1 fully saturated rings. The number of carbonyl (C=O) groups is 1. The lowest BCUT2D eigenvalue weighted by Gasteiger charge is -2.24. The Morgan fingerprint density at radius 1 is 1.17 bits per heavy atom. The fraction of sp³-hybridized carbons (Fsp3) is 0.450. The molecule has 1 aromatic carbocycles. The molecule has 30 heavy (non-hydrogen) atoms. The number of H-pyrrole nitrogens is 1. The summed E-state index contributed by atoms with van der Waals surface area (Å²) in [7, 11) is -3.49. The number of nitrogens with zero attached hydrogens (tertiary/aromatic N) is 4. The third kappa shape index (κ3) is 5.25. The summed E-state index contributed by atoms with van der Waals surface area (Å²) in [6.07, 6.45) is 6.45. The van der Waals surface area contributed by atoms with E-state index in [2.05, 4.69) is 25.4 Å². The molecule has 2 N–H and O–H groups in total. The number of benzene rings is 1. The van der Waals surface area contributed by atoms with E-state index in [1.54, 1.807) is 44.2 Å². The summed E-state index contributed by atoms with van der Waals surface area (Å²) in [5.74, 6) is 0.543. The van der Waals surface area contributed by atoms with Crippen LogP contribution in [-0.4, -0.2) is 60.0 Å². The van der Waals surface area contributed by atoms with E-state index in [1.165, 1.54) is 16.8 Å². The van der Waals surface area contributed by atoms with Crippen molar-refractivity contribution in [3.63, 3.8) is 0 Å². The van der Waals surface area contributed by atoms with E-state index in [1.807, 2.05) is 0 Å². The van der Waals surface area contributed by atoms with Crippen LogP contribution in [0.2, 0.25) is 0 Å². The molecule has 9 nitrogen and oxygen atoms in total. The number of piperidine rings is 1. The zero-order valence-electron chi connectivity index (χ0n) is 17.3. The number of aromatic nitrogens is 3. The standard InChI is InChI=1S/C20H28N6O3S/c1-3-26(4-2)30(28,29)17-11-8-16(9-12-17)10-13-18(27)21-19-22-20(24-23-19)25-14-6-5-7-15-25/h8-13H,3-7,14-15H2,1-2H3,(H2,21,22,23,24,27)/b13-10+. The van der Waals surface area contributed by atoms with Gasteiger partial charge in [-0.25, -0.2) is 13.5 Å². The van der Waals surface area contributed by atoms with Crippen LogP contribution in [0.25, 0.3) is 6.08 Å². The maximum absolute atomic E-state index is 12.5. The molecule has 2 heterocycles. The van der Waals surface area contributed by atoms with Crippen molar-refractivity contribution >= 4 is 33.9 Å². The van der Waals surface area contributed by atoms with Crippen molar-refractivity contribution in [1.29, 1.82) is 0 Å². The van der Waals surface area contributed by atoms with E-state index < -0.39 is 10.0 Å². The van der Waals surface area contributed by atoms with Crippen molar-refractivity contribution in [1.82, 2.24) is 19.5 Å². The normalized spacial score (nSPS) is 15.1. The molecule has 2 aromatic rings. The number of rotatable bonds is 8. The van der Waals surface area contributed by atoms with Gasteiger partial charge in [0.15, 0.2) is 0 Å². The topological polar surface area (TPSA) is 111 Å². The molecule has 0 bridgehead atoms. The molecule has 0 unspecified atom stereocenters. The highest BCUT2D eigenvalue weighted by Gasteiger charge is 2.21. The summed E-state index contributed by atoms with van der Waals surface area (Å²) < 4.78 is 26.4. The van der Waals surface area contributed by atoms with Gasteiger partial charge in [-0.2, -0.15) is 9.29 Å². The van der Waals surface area contributed by atoms with Gasteiger partial charge in [-0.3, -0.25) is 10.1 Å². The van der Waals surface area contributed by atoms with Crippen molar-refractivity contribution in [2.45, 2.75) is 38.0 Å². The molecule has 10 heteroatoms. The van der Waals surface area contributed by atoms with Gasteiger partial charge in [-0.05, 0) is 43.0 Å². The molecule has 3 rings (SSSR count). The largest absolute Gasteiger partial charge is 0.340 e. The van der Waals surface area contributed by atoms with Crippen molar-refractivity contribution in [3.8, 4) is 0 Å². The van der Waals surface area contributed by atoms with Crippen molar-refractivity contribution in [3.05, 3.63) is 35.9 Å². The fourth-order valence-electron chi connectivity index (χ4n) is 3.34. The monoisotopic (exact) mass is 432 g/mol. The Morgan fingerprint density at radius 3 is 2.47 bits per heavy atom. The number of carbonyl (C=O) groups excluding carboxylic acids is 1. The van der Waals surface area contributed by atoms with Crippen LogP contribution in [0.5, 0.6) is 0 Å². The first-order valence-electron chi connectivity index (χ1n) is 10.2. The number of aromatic amines is 1. The number of anilines is 2. The van der Waals surface area contributed by atoms with Crippen molar-refractivity contribution in [2.75, 3.05) is 36.4 Å². The molecule has 0 saturated carbocycles. The summed E-state index contributed by atoms with van der Waals surface area (Å²) in [4.78, 5) is 18.8. The molecule has 0 aliphatic carbocycles. The second-order valence-corrected chi connectivity index (χ2v) is 8.95. The first-order valence-corrected chi connectivity index (χ1v) is 11.6. The fourth-order valence-corrected chi connectivity index (χ4v) is 4.80. The Balaban J connectivity index is 1.59. The summed E-state index contributed by atoms with van der Waals surface area (Å²) >= 11 is 0. The summed E-state index contributed by atoms with van der Waals surface area (Å²) in [5, 5.41) is 9.55. The minimum atomic E-state index is -3.49. The molecule has 1 aliphatic rings. The van der Waals surface area contributed by atoms with E-state index in [-0.39, 0.29) is 10.8 Å². The van der Waals surface area contributed by atoms with Gasteiger partial charge in [0, 0.05) is 32.3 Å². The minimum absolute atomic E-state index is 0.236. The number of nitrogens with one attached hydrogen (secondary N) is 2. The van der Waals surface area contributed by atoms with Crippen LogP contribution in [0.3, 0.4) is 0 Å². The molecule has 1 aromatic heterocycles. The van der Waals surface area contributed by atoms with Crippen LogP contribution in [-0.2, 0) is 14.8 Å². The van der Waals surface area contributed by atoms with Crippen LogP contribution in [0.15, 0.2) is 35.2 Å². The summed E-state index contributed by atoms with van der Waals surface area (Å²) in [5.41, 5.74) is 0.718. The van der Waals surface area contributed by atoms with Crippen LogP contribution in [0, 0.1) is 0 Å². The lowest BCUT2D eigenvalue weighted by molar-refractivity contribution is -0.111. The number of hydrogen-bond acceptors (Lipinski definition) is 6. The highest BCUT2D eigenvalue weighted by Crippen LogP contribution is 2.18. The van der Waals surface area contributed by atoms with Gasteiger partial charge in [0.25, 0.3) is 5.91 Å². The second kappa shape index (κ2) is 9.86. The van der Waals surface area contributed by atoms with E-state index in [0.717, 1.165) is 31.5 Å². The maximum Gasteiger partial charge on any atom is 0.250 e. The van der Waals surface area contributed by atoms with E-state index in [4.69, 9.17) is 0 Å². The molecule has 1 saturated heterocycles. The van der Waals surface area contributed by atoms with Gasteiger partial charge < -0.3 is 4.90 Å². The Kier molecular flexibility index (Phi) is 7.22. The maximum atomic E-state index is 12.5. The lowest BCUT2D eigenvalue weighted by Crippen LogP contribution is -2.30. The van der Waals surface area contributed by atoms with Crippen molar-refractivity contribution in [2.24, 2.45) is 0 Å². The van der Waals surface area contributed by atoms with Crippen LogP contribution < -0.4 is 10.2 Å². The van der Waals surface area contributed by atoms with Crippen LogP contribution in [0.1, 0.15) is 38.7 Å². The Hall–Kier alpha value is -2.72. The highest BCUT2D eigenvalue weighted by atomic mass is 32.2. The van der Waals surface area contributed by atoms with E-state index in [9.17, 15) is 13.2 Å². The molecule has 0 spiro atoms. The van der Waals surface area contributed by atoms with Crippen LogP contribution in [0.4, 0.5) is 11.9 Å². The predicted octanol–water partition coefficient (Wildman–Crippen LogP) is 2.48. The van der Waals surface area contributed by atoms with Gasteiger partial charge >= 0.3 is 0 Å². The predicted molar refractivity (Wildman–Crippen MR) is 117 cm³/mol. The third-order valence-corrected chi connectivity index (χ3v) is 7.07. The molecule has 0 atom stereocenters. The minimum Gasteiger partial charge on any atom is -0.340 e. The zero-order valence-corrected chi connectivity index (χ0v) is 18.2. The van der Waals surface area contributed by atoms with Gasteiger partial charge in [0.2, 0.25) is 21.9 Å². The molecule has 0 radical (unpaired) electrons. The average Bonchev–Trinajstić information content (AvgIpc) is 3.22. The van der Waals surface area contributed by atoms with Gasteiger partial charge in [-0.1, -0.05) is 26.0 Å². The molecule has 1 aliphatic heterocycles. The first-order chi connectivity index (χ1) is 14.4. The number of hydrogen-bond donors (Lipinski definition) is 2. The molecule has 1 amide bonds. The quantitative estimate of drug-likeness (QED) is 0.620. The average molecular weight is 433 g/mol. The van der Waals surface area contributed by atoms with Gasteiger partial charge in [0.1, 0.15) is 0 Å². The van der Waals surface area contributed by atoms with E-state index in [0.29, 0.717) is 25.0 Å². The molecular formula is C20H28N6O3S. The number of sulfonamides is 1. The molecular weight excluding hydrogens is 404 g/mol. The van der Waals surface area contributed by atoms with E-state index >= 15 is 0 Å². The Labute approximate surface area is 177 Å². The Bertz CT molecular complexity index is 974. The Morgan fingerprint density at radius 2 is 1.83 bits per heavy atom. The third-order valence-electron chi connectivity index (χ3n) is 5.00. The number of amides is 1. The second-order valence-electron chi connectivity index (χ2n) is 7.01. The van der Waals surface area contributed by atoms with Gasteiger partial charge in [0.05, 0.1) is 4.90 Å². The lowest BCUT2D eigenvalue weighted by atomic mass is 10.1. The van der Waals surface area contributed by atoms with Gasteiger partial charge in [-0.15, -0.1) is 5.10 Å². The van der Waals surface area contributed by atoms with Crippen molar-refractivity contribution < 1.29 is 13.2 Å². The molecule has 162 valence electrons. The highest BCUT2D eigenvalue weighted by molar-refractivity contribution is 7.89. The van der Waals surface area contributed by atoms with Crippen LogP contribution >= 0.6 is 0 Å². The SMILES string of the molecule is CCN(CC)S(=O)(=O)c1ccc(/C=C/C(=O)Nc2nc(N3CCCCC3)n[nH]2)cc1. The first kappa shape index (κ1) is 22.0. The smallest absolute Gasteiger partial charge is 0.250 e. The zero-order chi connectivity index (χ0) is 21.6. The summed E-state index contributed by atoms with van der Waals surface area (Å²) in [6.45, 7) is 6.29.